The number of esters is 4. The van der Waals surface area contributed by atoms with E-state index >= 15 is 0 Å². The number of hydrogen-bond donors (Lipinski definition) is 3. The number of carbonyl (C=O) groups is 4. The number of rotatable bonds is 8. The molecule has 1 spiro atoms. The molecule has 2 aliphatic heterocycles. The average molecular weight is 595 g/mol. The zero-order chi connectivity index (χ0) is 31.3. The van der Waals surface area contributed by atoms with Gasteiger partial charge in [-0.15, -0.1) is 0 Å². The lowest BCUT2D eigenvalue weighted by Gasteiger charge is -2.54. The minimum atomic E-state index is -2.01. The molecule has 0 amide bonds. The zero-order valence-corrected chi connectivity index (χ0v) is 25.0. The molecule has 10 atom stereocenters. The van der Waals surface area contributed by atoms with E-state index in [4.69, 9.17) is 23.7 Å². The van der Waals surface area contributed by atoms with Crippen LogP contribution in [0.3, 0.4) is 0 Å². The standard InChI is InChI=1S/C30H42O12/c1-7-8-9-10-23(35)40-19-14-21(38-16(2)32)27(4)12-11-20(34)28(5,37)24(27)25(39-17(3)33)30-22(13-18(19)15-31)41-26(36)29(30,6)42-30/h11-13,19-22,24-25,31,34,37H,7-10,14-15H2,1-6H3/b18-13-/t19?,20-,21+,22+,24-,25?,27-,28-,29+,30+/m1/s1. The van der Waals surface area contributed by atoms with Gasteiger partial charge in [0.25, 0.3) is 0 Å². The van der Waals surface area contributed by atoms with Gasteiger partial charge in [0.05, 0.1) is 12.2 Å². The fourth-order valence-electron chi connectivity index (χ4n) is 7.03. The third kappa shape index (κ3) is 5.16. The van der Waals surface area contributed by atoms with Gasteiger partial charge in [0.2, 0.25) is 0 Å². The molecule has 0 aromatic carbocycles. The molecule has 4 rings (SSSR count). The highest BCUT2D eigenvalue weighted by atomic mass is 16.7. The third-order valence-corrected chi connectivity index (χ3v) is 9.33. The number of aliphatic hydroxyl groups is 3. The molecule has 12 heteroatoms. The number of ether oxygens (including phenoxy) is 5. The number of hydrogen-bond acceptors (Lipinski definition) is 12. The fraction of sp³-hybridized carbons (Fsp3) is 0.733. The van der Waals surface area contributed by atoms with E-state index in [1.54, 1.807) is 13.0 Å². The molecule has 2 aliphatic carbocycles. The molecule has 0 aromatic rings. The summed E-state index contributed by atoms with van der Waals surface area (Å²) in [5.41, 5.74) is -6.53. The van der Waals surface area contributed by atoms with E-state index in [-0.39, 0.29) is 18.4 Å². The van der Waals surface area contributed by atoms with E-state index in [0.717, 1.165) is 19.8 Å². The molecular weight excluding hydrogens is 552 g/mol. The lowest BCUT2D eigenvalue weighted by atomic mass is 9.55. The highest BCUT2D eigenvalue weighted by molar-refractivity contribution is 5.89. The monoisotopic (exact) mass is 594 g/mol. The van der Waals surface area contributed by atoms with Crippen molar-refractivity contribution in [3.63, 3.8) is 0 Å². The van der Waals surface area contributed by atoms with Crippen LogP contribution >= 0.6 is 0 Å². The van der Waals surface area contributed by atoms with Crippen molar-refractivity contribution in [3.8, 4) is 0 Å². The van der Waals surface area contributed by atoms with Gasteiger partial charge in [0, 0.05) is 38.0 Å². The van der Waals surface area contributed by atoms with Crippen molar-refractivity contribution in [1.29, 1.82) is 0 Å². The van der Waals surface area contributed by atoms with Crippen LogP contribution in [0.15, 0.2) is 23.8 Å². The highest BCUT2D eigenvalue weighted by Gasteiger charge is 2.87. The van der Waals surface area contributed by atoms with Gasteiger partial charge in [-0.2, -0.15) is 0 Å². The second-order valence-corrected chi connectivity index (χ2v) is 12.3. The summed E-state index contributed by atoms with van der Waals surface area (Å²) in [5.74, 6) is -3.94. The van der Waals surface area contributed by atoms with Crippen LogP contribution < -0.4 is 0 Å². The van der Waals surface area contributed by atoms with Crippen molar-refractivity contribution >= 4 is 23.9 Å². The van der Waals surface area contributed by atoms with Crippen LogP contribution in [0, 0.1) is 11.3 Å². The maximum absolute atomic E-state index is 13.1. The molecular formula is C30H42O12. The first-order chi connectivity index (χ1) is 19.6. The number of carbonyl (C=O) groups excluding carboxylic acids is 4. The van der Waals surface area contributed by atoms with E-state index in [1.165, 1.54) is 32.9 Å². The Morgan fingerprint density at radius 1 is 1.07 bits per heavy atom. The van der Waals surface area contributed by atoms with Crippen LogP contribution in [-0.4, -0.2) is 93.1 Å². The Bertz CT molecular complexity index is 1170. The number of unbranched alkanes of at least 4 members (excludes halogenated alkanes) is 2. The molecule has 2 heterocycles. The lowest BCUT2D eigenvalue weighted by molar-refractivity contribution is -0.215. The third-order valence-electron chi connectivity index (χ3n) is 9.33. The fourth-order valence-corrected chi connectivity index (χ4v) is 7.03. The second-order valence-electron chi connectivity index (χ2n) is 12.3. The number of aliphatic hydroxyl groups excluding tert-OH is 2. The highest BCUT2D eigenvalue weighted by Crippen LogP contribution is 2.65. The van der Waals surface area contributed by atoms with Crippen molar-refractivity contribution in [3.05, 3.63) is 23.8 Å². The Morgan fingerprint density at radius 2 is 1.74 bits per heavy atom. The van der Waals surface area contributed by atoms with E-state index in [9.17, 15) is 34.5 Å². The molecule has 0 bridgehead atoms. The predicted octanol–water partition coefficient (Wildman–Crippen LogP) is 1.42. The largest absolute Gasteiger partial charge is 0.461 e. The zero-order valence-electron chi connectivity index (χ0n) is 25.0. The summed E-state index contributed by atoms with van der Waals surface area (Å²) in [5, 5.41) is 33.4. The number of epoxide rings is 1. The van der Waals surface area contributed by atoms with Crippen molar-refractivity contribution in [2.45, 2.75) is 121 Å². The van der Waals surface area contributed by atoms with Gasteiger partial charge in [0.15, 0.2) is 17.3 Å². The lowest BCUT2D eigenvalue weighted by Crippen LogP contribution is -2.67. The van der Waals surface area contributed by atoms with E-state index in [2.05, 4.69) is 0 Å². The minimum Gasteiger partial charge on any atom is -0.461 e. The van der Waals surface area contributed by atoms with E-state index in [1.807, 2.05) is 6.92 Å². The number of fused-ring (bicyclic) bond motifs is 1. The van der Waals surface area contributed by atoms with Crippen LogP contribution in [0.1, 0.15) is 73.6 Å². The van der Waals surface area contributed by atoms with Gasteiger partial charge in [-0.3, -0.25) is 14.4 Å². The maximum Gasteiger partial charge on any atom is 0.342 e. The molecule has 2 saturated heterocycles. The first kappa shape index (κ1) is 32.1. The average Bonchev–Trinajstić information content (AvgIpc) is 3.48. The Labute approximate surface area is 245 Å². The molecule has 0 radical (unpaired) electrons. The van der Waals surface area contributed by atoms with Crippen LogP contribution in [0.25, 0.3) is 0 Å². The van der Waals surface area contributed by atoms with Crippen LogP contribution in [0.2, 0.25) is 0 Å². The summed E-state index contributed by atoms with van der Waals surface area (Å²) in [6.07, 6.45) is 0.274. The topological polar surface area (TPSA) is 178 Å². The smallest absolute Gasteiger partial charge is 0.342 e. The Kier molecular flexibility index (Phi) is 8.69. The molecule has 4 aliphatic rings. The molecule has 3 N–H and O–H groups in total. The van der Waals surface area contributed by atoms with Crippen LogP contribution in [-0.2, 0) is 42.9 Å². The Morgan fingerprint density at radius 3 is 2.31 bits per heavy atom. The normalized spacial score (nSPS) is 43.5. The second kappa shape index (κ2) is 11.4. The Hall–Kier alpha value is -2.80. The maximum atomic E-state index is 13.1. The molecule has 0 saturated carbocycles. The van der Waals surface area contributed by atoms with Gasteiger partial charge in [-0.05, 0) is 31.9 Å². The summed E-state index contributed by atoms with van der Waals surface area (Å²) in [6.45, 7) is 8.25. The van der Waals surface area contributed by atoms with Crippen molar-refractivity contribution < 1.29 is 58.2 Å². The van der Waals surface area contributed by atoms with Crippen molar-refractivity contribution in [2.24, 2.45) is 11.3 Å². The van der Waals surface area contributed by atoms with Gasteiger partial charge < -0.3 is 39.0 Å². The van der Waals surface area contributed by atoms with Gasteiger partial charge in [-0.1, -0.05) is 38.8 Å². The molecule has 2 fully saturated rings. The molecule has 2 unspecified atom stereocenters. The van der Waals surface area contributed by atoms with Crippen molar-refractivity contribution in [1.82, 2.24) is 0 Å². The summed E-state index contributed by atoms with van der Waals surface area (Å²) in [7, 11) is 0. The van der Waals surface area contributed by atoms with E-state index in [0.29, 0.717) is 6.42 Å². The van der Waals surface area contributed by atoms with Crippen LogP contribution in [0.5, 0.6) is 0 Å². The van der Waals surface area contributed by atoms with E-state index < -0.39 is 89.1 Å². The Balaban J connectivity index is 1.96. The first-order valence-electron chi connectivity index (χ1n) is 14.4. The van der Waals surface area contributed by atoms with Gasteiger partial charge in [-0.25, -0.2) is 4.79 Å². The molecule has 12 nitrogen and oxygen atoms in total. The van der Waals surface area contributed by atoms with Gasteiger partial charge in [0.1, 0.15) is 24.4 Å². The first-order valence-corrected chi connectivity index (χ1v) is 14.4. The minimum absolute atomic E-state index is 0.125. The summed E-state index contributed by atoms with van der Waals surface area (Å²) < 4.78 is 29.3. The van der Waals surface area contributed by atoms with Crippen LogP contribution in [0.4, 0.5) is 0 Å². The SMILES string of the molecule is CCCCCC(=O)OC1C[C@H](OC(C)=O)[C@@]2(C)C=C[C@@H](O)[C@@](C)(O)[C@@H]2C(OC(C)=O)[C@]23O[C@@]2(C)C(=O)O[C@H]3/C=C\1CO. The quantitative estimate of drug-likeness (QED) is 0.121. The molecule has 0 aromatic heterocycles. The molecule has 42 heavy (non-hydrogen) atoms. The summed E-state index contributed by atoms with van der Waals surface area (Å²) in [6, 6.07) is 0. The van der Waals surface area contributed by atoms with Crippen molar-refractivity contribution in [2.75, 3.05) is 6.61 Å². The molecule has 234 valence electrons. The summed E-state index contributed by atoms with van der Waals surface area (Å²) in [4.78, 5) is 51.1. The van der Waals surface area contributed by atoms with Gasteiger partial charge >= 0.3 is 23.9 Å². The predicted molar refractivity (Wildman–Crippen MR) is 144 cm³/mol. The summed E-state index contributed by atoms with van der Waals surface area (Å²) >= 11 is 0.